The van der Waals surface area contributed by atoms with E-state index < -0.39 is 0 Å². The molecule has 0 aliphatic rings. The molecule has 0 N–H and O–H groups in total. The molecule has 2 aromatic heterocycles. The van der Waals surface area contributed by atoms with Gasteiger partial charge in [-0.1, -0.05) is 12.1 Å². The molecule has 2 aromatic rings. The number of pyridine rings is 2. The van der Waals surface area contributed by atoms with Crippen LogP contribution in [0.4, 0.5) is 0 Å². The van der Waals surface area contributed by atoms with Crippen molar-refractivity contribution in [2.24, 2.45) is 0 Å². The molecule has 0 spiro atoms. The van der Waals surface area contributed by atoms with Gasteiger partial charge >= 0.3 is 0 Å². The fourth-order valence-corrected chi connectivity index (χ4v) is 1.03. The van der Waals surface area contributed by atoms with Crippen molar-refractivity contribution in [3.8, 4) is 11.4 Å². The molecule has 4 heteroatoms. The topological polar surface area (TPSA) is 25.8 Å². The molecule has 0 aliphatic heterocycles. The summed E-state index contributed by atoms with van der Waals surface area (Å²) in [5.74, 6) is 0. The molecule has 2 nitrogen and oxygen atoms in total. The quantitative estimate of drug-likeness (QED) is 0.594. The van der Waals surface area contributed by atoms with E-state index in [0.29, 0.717) is 0 Å². The maximum Gasteiger partial charge on any atom is 0.0886 e. The van der Waals surface area contributed by atoms with E-state index in [0.717, 1.165) is 11.4 Å². The maximum atomic E-state index is 4.19. The second-order valence-corrected chi connectivity index (χ2v) is 2.43. The Morgan fingerprint density at radius 1 is 0.714 bits per heavy atom. The van der Waals surface area contributed by atoms with Crippen LogP contribution in [0, 0.1) is 0 Å². The van der Waals surface area contributed by atoms with E-state index in [1.165, 1.54) is 0 Å². The predicted octanol–water partition coefficient (Wildman–Crippen LogP) is 2.20. The minimum Gasteiger partial charge on any atom is -0.255 e. The average Bonchev–Trinajstić information content (AvgIpc) is 2.21. The summed E-state index contributed by atoms with van der Waals surface area (Å²) in [6, 6.07) is 11.6. The average molecular weight is 291 g/mol. The largest absolute Gasteiger partial charge is 0.255 e. The molecule has 2 heterocycles. The fourth-order valence-electron chi connectivity index (χ4n) is 1.03. The van der Waals surface area contributed by atoms with Crippen LogP contribution in [0.25, 0.3) is 11.4 Å². The monoisotopic (exact) mass is 292 g/mol. The Hall–Kier alpha value is -0.647. The van der Waals surface area contributed by atoms with E-state index in [1.807, 2.05) is 36.4 Å². The Morgan fingerprint density at radius 2 is 1.14 bits per heavy atom. The smallest absolute Gasteiger partial charge is 0.0886 e. The molecule has 0 fully saturated rings. The number of rotatable bonds is 1. The molecule has 1 unspecified atom stereocenters. The van der Waals surface area contributed by atoms with Crippen LogP contribution >= 0.6 is 9.90 Å². The Morgan fingerprint density at radius 3 is 1.43 bits per heavy atom. The molecular formula is C10H11N2PRu. The molecule has 0 saturated heterocycles. The first-order chi connectivity index (χ1) is 5.97. The van der Waals surface area contributed by atoms with E-state index >= 15 is 0 Å². The summed E-state index contributed by atoms with van der Waals surface area (Å²) in [6.07, 6.45) is 3.54. The van der Waals surface area contributed by atoms with E-state index in [-0.39, 0.29) is 29.4 Å². The van der Waals surface area contributed by atoms with Gasteiger partial charge in [-0.05, 0) is 24.3 Å². The molecule has 2 rings (SSSR count). The van der Waals surface area contributed by atoms with Gasteiger partial charge in [-0.25, -0.2) is 0 Å². The molecule has 0 aliphatic carbocycles. The first-order valence-corrected chi connectivity index (χ1v) is 3.79. The molecule has 0 saturated carbocycles. The van der Waals surface area contributed by atoms with Crippen molar-refractivity contribution in [1.82, 2.24) is 9.97 Å². The number of nitrogens with zero attached hydrogens (tertiary/aromatic N) is 2. The molecule has 0 bridgehead atoms. The SMILES string of the molecule is P.[Ru].c1ccc(-c2ccccn2)nc1. The van der Waals surface area contributed by atoms with E-state index in [2.05, 4.69) is 9.97 Å². The summed E-state index contributed by atoms with van der Waals surface area (Å²) in [5, 5.41) is 0. The van der Waals surface area contributed by atoms with Crippen LogP contribution in [-0.2, 0) is 19.5 Å². The second-order valence-electron chi connectivity index (χ2n) is 2.43. The van der Waals surface area contributed by atoms with Crippen molar-refractivity contribution in [1.29, 1.82) is 0 Å². The molecule has 1 atom stereocenters. The first-order valence-electron chi connectivity index (χ1n) is 3.79. The minimum absolute atomic E-state index is 0. The van der Waals surface area contributed by atoms with Gasteiger partial charge < -0.3 is 0 Å². The van der Waals surface area contributed by atoms with Gasteiger partial charge in [0.2, 0.25) is 0 Å². The molecular weight excluding hydrogens is 280 g/mol. The van der Waals surface area contributed by atoms with Crippen LogP contribution in [-0.4, -0.2) is 9.97 Å². The van der Waals surface area contributed by atoms with Gasteiger partial charge in [0.25, 0.3) is 0 Å². The zero-order valence-corrected chi connectivity index (χ0v) is 10.7. The van der Waals surface area contributed by atoms with Gasteiger partial charge in [0.15, 0.2) is 0 Å². The molecule has 0 aromatic carbocycles. The molecule has 14 heavy (non-hydrogen) atoms. The third-order valence-corrected chi connectivity index (χ3v) is 1.59. The summed E-state index contributed by atoms with van der Waals surface area (Å²) in [7, 11) is 0. The van der Waals surface area contributed by atoms with Gasteiger partial charge in [0.05, 0.1) is 11.4 Å². The van der Waals surface area contributed by atoms with E-state index in [9.17, 15) is 0 Å². The van der Waals surface area contributed by atoms with Gasteiger partial charge in [-0.2, -0.15) is 9.90 Å². The predicted molar refractivity (Wildman–Crippen MR) is 58.6 cm³/mol. The fraction of sp³-hybridized carbons (Fsp3) is 0. The van der Waals surface area contributed by atoms with Crippen LogP contribution in [0.2, 0.25) is 0 Å². The van der Waals surface area contributed by atoms with Crippen molar-refractivity contribution in [2.75, 3.05) is 0 Å². The zero-order valence-electron chi connectivity index (χ0n) is 7.57. The maximum absolute atomic E-state index is 4.19. The van der Waals surface area contributed by atoms with Crippen LogP contribution in [0.5, 0.6) is 0 Å². The van der Waals surface area contributed by atoms with E-state index in [1.54, 1.807) is 12.4 Å². The summed E-state index contributed by atoms with van der Waals surface area (Å²) in [4.78, 5) is 8.37. The Labute approximate surface area is 99.6 Å². The van der Waals surface area contributed by atoms with Crippen molar-refractivity contribution in [3.05, 3.63) is 48.8 Å². The standard InChI is InChI=1S/C10H8N2.H3P.Ru/c1-3-7-11-9(5-1)10-6-2-4-8-12-10;;/h1-8H;1H3;. The summed E-state index contributed by atoms with van der Waals surface area (Å²) in [6.45, 7) is 0. The van der Waals surface area contributed by atoms with Crippen molar-refractivity contribution in [2.45, 2.75) is 0 Å². The minimum atomic E-state index is 0. The third kappa shape index (κ3) is 3.25. The molecule has 0 amide bonds. The molecule has 0 radical (unpaired) electrons. The van der Waals surface area contributed by atoms with Gasteiger partial charge in [-0.15, -0.1) is 0 Å². The Kier molecular flexibility index (Phi) is 6.44. The third-order valence-electron chi connectivity index (χ3n) is 1.59. The van der Waals surface area contributed by atoms with Crippen molar-refractivity contribution < 1.29 is 19.5 Å². The zero-order chi connectivity index (χ0) is 8.23. The number of aromatic nitrogens is 2. The van der Waals surface area contributed by atoms with Crippen molar-refractivity contribution >= 4 is 9.90 Å². The number of hydrogen-bond acceptors (Lipinski definition) is 2. The van der Waals surface area contributed by atoms with Crippen LogP contribution in [0.15, 0.2) is 48.8 Å². The number of hydrogen-bond donors (Lipinski definition) is 0. The van der Waals surface area contributed by atoms with Gasteiger partial charge in [-0.3, -0.25) is 9.97 Å². The van der Waals surface area contributed by atoms with Crippen LogP contribution in [0.1, 0.15) is 0 Å². The van der Waals surface area contributed by atoms with Gasteiger partial charge in [0, 0.05) is 31.9 Å². The van der Waals surface area contributed by atoms with Crippen molar-refractivity contribution in [3.63, 3.8) is 0 Å². The summed E-state index contributed by atoms with van der Waals surface area (Å²) in [5.41, 5.74) is 1.83. The van der Waals surface area contributed by atoms with Crippen LogP contribution in [0.3, 0.4) is 0 Å². The normalized spacial score (nSPS) is 8.29. The van der Waals surface area contributed by atoms with E-state index in [4.69, 9.17) is 0 Å². The van der Waals surface area contributed by atoms with Gasteiger partial charge in [0.1, 0.15) is 0 Å². The summed E-state index contributed by atoms with van der Waals surface area (Å²) < 4.78 is 0. The summed E-state index contributed by atoms with van der Waals surface area (Å²) >= 11 is 0. The molecule has 74 valence electrons. The van der Waals surface area contributed by atoms with Crippen LogP contribution < -0.4 is 0 Å². The first kappa shape index (κ1) is 13.4. The second kappa shape index (κ2) is 6.76. The Bertz CT molecular complexity index is 316. The Balaban J connectivity index is 0.000000845.